The van der Waals surface area contributed by atoms with Gasteiger partial charge in [-0.15, -0.1) is 0 Å². The topological polar surface area (TPSA) is 184 Å². The molecule has 65 heavy (non-hydrogen) atoms. The summed E-state index contributed by atoms with van der Waals surface area (Å²) >= 11 is 6.61. The maximum absolute atomic E-state index is 13.3. The highest BCUT2D eigenvalue weighted by Gasteiger charge is 2.43. The predicted molar refractivity (Wildman–Crippen MR) is 247 cm³/mol. The number of anilines is 4. The van der Waals surface area contributed by atoms with Crippen molar-refractivity contribution < 1.29 is 28.7 Å². The Morgan fingerprint density at radius 1 is 0.985 bits per heavy atom. The van der Waals surface area contributed by atoms with E-state index in [1.54, 1.807) is 21.7 Å². The second-order valence-corrected chi connectivity index (χ2v) is 19.2. The number of hydrogen-bond acceptors (Lipinski definition) is 13. The van der Waals surface area contributed by atoms with E-state index < -0.39 is 11.9 Å². The van der Waals surface area contributed by atoms with E-state index in [1.807, 2.05) is 44.2 Å². The molecule has 1 unspecified atom stereocenters. The molecule has 3 saturated heterocycles. The second kappa shape index (κ2) is 17.9. The van der Waals surface area contributed by atoms with Crippen LogP contribution in [0.25, 0.3) is 10.9 Å². The summed E-state index contributed by atoms with van der Waals surface area (Å²) in [6.07, 6.45) is 6.35. The van der Waals surface area contributed by atoms with E-state index in [9.17, 15) is 24.0 Å². The molecule has 9 rings (SSSR count). The number of nitrogens with one attached hydrogen (secondary N) is 3. The van der Waals surface area contributed by atoms with Gasteiger partial charge in [-0.25, -0.2) is 4.98 Å². The van der Waals surface area contributed by atoms with E-state index in [4.69, 9.17) is 26.1 Å². The summed E-state index contributed by atoms with van der Waals surface area (Å²) in [7, 11) is 1.52. The van der Waals surface area contributed by atoms with Crippen LogP contribution in [0.15, 0.2) is 53.5 Å². The molecule has 17 nitrogen and oxygen atoms in total. The van der Waals surface area contributed by atoms with Gasteiger partial charge in [-0.05, 0) is 108 Å². The summed E-state index contributed by atoms with van der Waals surface area (Å²) in [5.41, 5.74) is 3.64. The van der Waals surface area contributed by atoms with Crippen LogP contribution in [0.2, 0.25) is 5.02 Å². The largest absolute Gasteiger partial charge is 0.478 e. The van der Waals surface area contributed by atoms with Crippen LogP contribution < -0.4 is 36.0 Å². The molecule has 344 valence electrons. The van der Waals surface area contributed by atoms with Crippen molar-refractivity contribution in [2.45, 2.75) is 109 Å². The number of imide groups is 1. The lowest BCUT2D eigenvalue weighted by atomic mass is 9.85. The lowest BCUT2D eigenvalue weighted by Gasteiger charge is -2.53. The van der Waals surface area contributed by atoms with Gasteiger partial charge in [-0.3, -0.25) is 34.2 Å². The van der Waals surface area contributed by atoms with E-state index >= 15 is 0 Å². The number of ether oxygens (including phenoxy) is 2. The number of hydrogen-bond donors (Lipinski definition) is 3. The van der Waals surface area contributed by atoms with E-state index in [0.29, 0.717) is 47.0 Å². The number of pyridine rings is 1. The van der Waals surface area contributed by atoms with Gasteiger partial charge in [0.25, 0.3) is 17.4 Å². The summed E-state index contributed by atoms with van der Waals surface area (Å²) in [5.74, 6) is -0.0207. The Morgan fingerprint density at radius 2 is 1.77 bits per heavy atom. The minimum atomic E-state index is -0.623. The molecule has 6 heterocycles. The molecular formula is C47H57ClN10O7. The van der Waals surface area contributed by atoms with Gasteiger partial charge < -0.3 is 39.4 Å². The van der Waals surface area contributed by atoms with Gasteiger partial charge in [0.1, 0.15) is 11.1 Å². The third-order valence-corrected chi connectivity index (χ3v) is 13.9. The van der Waals surface area contributed by atoms with Crippen molar-refractivity contribution in [2.24, 2.45) is 0 Å². The molecule has 4 aromatic rings. The molecule has 0 bridgehead atoms. The average Bonchev–Trinajstić information content (AvgIpc) is 3.58. The Bertz CT molecular complexity index is 2590. The van der Waals surface area contributed by atoms with Crippen LogP contribution in [0, 0.1) is 0 Å². The number of likely N-dealkylation sites (N-methyl/N-ethyl adjacent to an activating group) is 1. The van der Waals surface area contributed by atoms with Gasteiger partial charge in [-0.2, -0.15) is 4.98 Å². The standard InChI is InChI=1S/C47H57ClN10O7/c1-27(2)58-37-9-6-30(18-28(37)20-39(45(58)63)64-25-41(60)49-5)51-42-36(48)23-50-46(53-42)54-14-12-33(13-15-54)65-34-21-32(22-34)55-16-17-57(47(3,4)26-55)31-7-8-35-29(19-31)24-56(44(35)62)38-10-11-40(59)52-43(38)61/h6-9,18-20,23,27,32-34,38H,10-17,21-22,24-26H2,1-5H3,(H,49,60)(H,50,51,53)(H,52,59,61). The van der Waals surface area contributed by atoms with Crippen LogP contribution >= 0.6 is 11.6 Å². The van der Waals surface area contributed by atoms with Crippen molar-refractivity contribution in [3.8, 4) is 5.75 Å². The van der Waals surface area contributed by atoms with Crippen LogP contribution in [0.5, 0.6) is 5.75 Å². The maximum atomic E-state index is 13.3. The molecule has 2 aromatic heterocycles. The first kappa shape index (κ1) is 44.4. The van der Waals surface area contributed by atoms with E-state index in [0.717, 1.165) is 80.6 Å². The first-order valence-corrected chi connectivity index (χ1v) is 23.1. The van der Waals surface area contributed by atoms with Crippen molar-refractivity contribution in [1.82, 2.24) is 35.0 Å². The number of halogens is 1. The van der Waals surface area contributed by atoms with Crippen LogP contribution in [-0.4, -0.2) is 124 Å². The van der Waals surface area contributed by atoms with Crippen molar-refractivity contribution in [3.05, 3.63) is 75.2 Å². The summed E-state index contributed by atoms with van der Waals surface area (Å²) in [5, 5.41) is 9.36. The van der Waals surface area contributed by atoms with Gasteiger partial charge in [0.2, 0.25) is 17.8 Å². The molecule has 1 saturated carbocycles. The molecule has 1 atom stereocenters. The highest BCUT2D eigenvalue weighted by atomic mass is 35.5. The number of nitrogens with zero attached hydrogens (tertiary/aromatic N) is 7. The maximum Gasteiger partial charge on any atom is 0.293 e. The molecule has 0 spiro atoms. The van der Waals surface area contributed by atoms with Crippen molar-refractivity contribution in [1.29, 1.82) is 0 Å². The van der Waals surface area contributed by atoms with Crippen molar-refractivity contribution in [3.63, 3.8) is 0 Å². The second-order valence-electron chi connectivity index (χ2n) is 18.8. The number of carbonyl (C=O) groups is 4. The van der Waals surface area contributed by atoms with Crippen LogP contribution in [0.1, 0.15) is 88.2 Å². The smallest absolute Gasteiger partial charge is 0.293 e. The summed E-state index contributed by atoms with van der Waals surface area (Å²) < 4.78 is 13.9. The van der Waals surface area contributed by atoms with E-state index in [2.05, 4.69) is 55.5 Å². The first-order chi connectivity index (χ1) is 31.1. The van der Waals surface area contributed by atoms with Gasteiger partial charge in [0, 0.05) is 92.7 Å². The highest BCUT2D eigenvalue weighted by Crippen LogP contribution is 2.38. The highest BCUT2D eigenvalue weighted by molar-refractivity contribution is 6.33. The molecule has 3 N–H and O–H groups in total. The Balaban J connectivity index is 0.759. The zero-order valence-electron chi connectivity index (χ0n) is 37.6. The van der Waals surface area contributed by atoms with Gasteiger partial charge in [0.15, 0.2) is 18.2 Å². The third-order valence-electron chi connectivity index (χ3n) is 13.6. The average molecular weight is 909 g/mol. The zero-order chi connectivity index (χ0) is 45.7. The fourth-order valence-corrected chi connectivity index (χ4v) is 10.2. The number of rotatable bonds is 12. The molecule has 1 aliphatic carbocycles. The van der Waals surface area contributed by atoms with Crippen LogP contribution in [-0.2, 0) is 25.7 Å². The first-order valence-electron chi connectivity index (χ1n) is 22.7. The summed E-state index contributed by atoms with van der Waals surface area (Å²) in [6.45, 7) is 12.7. The van der Waals surface area contributed by atoms with E-state index in [-0.39, 0.29) is 65.8 Å². The number of amides is 4. The number of piperidine rings is 2. The summed E-state index contributed by atoms with van der Waals surface area (Å²) in [6, 6.07) is 13.0. The lowest BCUT2D eigenvalue weighted by Crippen LogP contribution is -2.64. The number of carbonyl (C=O) groups excluding carboxylic acids is 4. The Kier molecular flexibility index (Phi) is 12.2. The fraction of sp³-hybridized carbons (Fsp3) is 0.511. The Morgan fingerprint density at radius 3 is 2.49 bits per heavy atom. The lowest BCUT2D eigenvalue weighted by molar-refractivity contribution is -0.137. The van der Waals surface area contributed by atoms with Crippen molar-refractivity contribution >= 4 is 69.3 Å². The number of aromatic nitrogens is 3. The number of benzene rings is 2. The number of piperazine rings is 1. The fourth-order valence-electron chi connectivity index (χ4n) is 10.1. The molecule has 2 aromatic carbocycles. The third kappa shape index (κ3) is 8.97. The molecular weight excluding hydrogens is 852 g/mol. The summed E-state index contributed by atoms with van der Waals surface area (Å²) in [4.78, 5) is 80.9. The zero-order valence-corrected chi connectivity index (χ0v) is 38.3. The molecule has 4 amide bonds. The monoisotopic (exact) mass is 908 g/mol. The Labute approximate surface area is 382 Å². The van der Waals surface area contributed by atoms with Crippen molar-refractivity contribution in [2.75, 3.05) is 61.5 Å². The molecule has 0 radical (unpaired) electrons. The number of fused-ring (bicyclic) bond motifs is 2. The van der Waals surface area contributed by atoms with Crippen LogP contribution in [0.4, 0.5) is 23.1 Å². The molecule has 18 heteroatoms. The molecule has 4 aliphatic heterocycles. The van der Waals surface area contributed by atoms with Gasteiger partial charge in [-0.1, -0.05) is 11.6 Å². The minimum Gasteiger partial charge on any atom is -0.478 e. The predicted octanol–water partition coefficient (Wildman–Crippen LogP) is 4.77. The molecule has 4 fully saturated rings. The van der Waals surface area contributed by atoms with Gasteiger partial charge >= 0.3 is 0 Å². The normalized spacial score (nSPS) is 22.5. The van der Waals surface area contributed by atoms with Gasteiger partial charge in [0.05, 0.1) is 23.9 Å². The van der Waals surface area contributed by atoms with Crippen LogP contribution in [0.3, 0.4) is 0 Å². The SMILES string of the molecule is CNC(=O)COc1cc2cc(Nc3nc(N4CCC(OC5CC(N6CCN(c7ccc8c(c7)CN(C7CCC(=O)NC7=O)C8=O)C(C)(C)C6)C5)CC4)ncc3Cl)ccc2n(C(C)C)c1=O. The minimum absolute atomic E-state index is 0.0931. The van der Waals surface area contributed by atoms with E-state index in [1.165, 1.54) is 7.05 Å². The quantitative estimate of drug-likeness (QED) is 0.166. The Hall–Kier alpha value is -5.78. The molecule has 5 aliphatic rings.